The van der Waals surface area contributed by atoms with Crippen LogP contribution in [0.3, 0.4) is 0 Å². The molecule has 0 unspecified atom stereocenters. The summed E-state index contributed by atoms with van der Waals surface area (Å²) in [5.41, 5.74) is 1.11. The third-order valence-corrected chi connectivity index (χ3v) is 3.67. The fourth-order valence-electron chi connectivity index (χ4n) is 1.48. The number of hydrogen-bond acceptors (Lipinski definition) is 3. The van der Waals surface area contributed by atoms with Crippen molar-refractivity contribution in [1.29, 1.82) is 0 Å². The summed E-state index contributed by atoms with van der Waals surface area (Å²) in [5, 5.41) is 0. The number of pyridine rings is 1. The molecule has 0 aliphatic heterocycles. The molecule has 0 aliphatic carbocycles. The van der Waals surface area contributed by atoms with Gasteiger partial charge in [-0.05, 0) is 30.7 Å². The molecule has 18 heavy (non-hydrogen) atoms. The normalized spacial score (nSPS) is 11.2. The molecule has 0 saturated carbocycles. The molecular weight excluding hydrogens is 255 g/mol. The monoisotopic (exact) mass is 266 g/mol. The number of halogens is 1. The smallest absolute Gasteiger partial charge is 0.264 e. The molecule has 1 N–H and O–H groups in total. The van der Waals surface area contributed by atoms with Crippen molar-refractivity contribution in [2.24, 2.45) is 0 Å². The second-order valence-corrected chi connectivity index (χ2v) is 5.44. The number of rotatable bonds is 3. The highest BCUT2D eigenvalue weighted by atomic mass is 32.2. The number of aromatic nitrogens is 1. The molecular formula is C12H11FN2O2S. The quantitative estimate of drug-likeness (QED) is 0.927. The third-order valence-electron chi connectivity index (χ3n) is 2.25. The zero-order chi connectivity index (χ0) is 13.2. The molecule has 0 bridgehead atoms. The topological polar surface area (TPSA) is 59.1 Å². The minimum absolute atomic E-state index is 0.304. The second-order valence-electron chi connectivity index (χ2n) is 3.79. The first kappa shape index (κ1) is 12.5. The number of anilines is 1. The summed E-state index contributed by atoms with van der Waals surface area (Å²) in [6.07, 6.45) is 2.96. The molecule has 0 spiro atoms. The van der Waals surface area contributed by atoms with Crippen LogP contribution in [0.25, 0.3) is 0 Å². The molecule has 2 rings (SSSR count). The highest BCUT2D eigenvalue weighted by Gasteiger charge is 2.18. The van der Waals surface area contributed by atoms with E-state index in [4.69, 9.17) is 0 Å². The average Bonchev–Trinajstić information content (AvgIpc) is 2.28. The van der Waals surface area contributed by atoms with Gasteiger partial charge < -0.3 is 0 Å². The van der Waals surface area contributed by atoms with E-state index in [1.807, 2.05) is 0 Å². The minimum atomic E-state index is -3.93. The van der Waals surface area contributed by atoms with E-state index in [-0.39, 0.29) is 4.90 Å². The van der Waals surface area contributed by atoms with Gasteiger partial charge in [-0.15, -0.1) is 0 Å². The van der Waals surface area contributed by atoms with Crippen molar-refractivity contribution < 1.29 is 12.8 Å². The van der Waals surface area contributed by atoms with Crippen molar-refractivity contribution in [2.75, 3.05) is 4.72 Å². The van der Waals surface area contributed by atoms with E-state index in [1.54, 1.807) is 19.2 Å². The Hall–Kier alpha value is -1.95. The van der Waals surface area contributed by atoms with Gasteiger partial charge in [0, 0.05) is 6.20 Å². The predicted octanol–water partition coefficient (Wildman–Crippen LogP) is 2.33. The maximum atomic E-state index is 13.4. The van der Waals surface area contributed by atoms with E-state index >= 15 is 0 Å². The molecule has 0 atom stereocenters. The number of hydrogen-bond donors (Lipinski definition) is 1. The van der Waals surface area contributed by atoms with Gasteiger partial charge in [0.25, 0.3) is 10.0 Å². The number of nitrogens with one attached hydrogen (secondary N) is 1. The SMILES string of the molecule is Cc1cncc(NS(=O)(=O)c2ccccc2F)c1. The van der Waals surface area contributed by atoms with Crippen LogP contribution in [-0.4, -0.2) is 13.4 Å². The van der Waals surface area contributed by atoms with Gasteiger partial charge in [-0.1, -0.05) is 12.1 Å². The molecule has 1 aromatic heterocycles. The van der Waals surface area contributed by atoms with Crippen LogP contribution < -0.4 is 4.72 Å². The maximum absolute atomic E-state index is 13.4. The molecule has 4 nitrogen and oxygen atoms in total. The summed E-state index contributed by atoms with van der Waals surface area (Å²) in [4.78, 5) is 3.48. The van der Waals surface area contributed by atoms with E-state index in [2.05, 4.69) is 9.71 Å². The lowest BCUT2D eigenvalue weighted by Gasteiger charge is -2.08. The van der Waals surface area contributed by atoms with Gasteiger partial charge in [0.1, 0.15) is 10.7 Å². The highest BCUT2D eigenvalue weighted by molar-refractivity contribution is 7.92. The lowest BCUT2D eigenvalue weighted by molar-refractivity contribution is 0.570. The molecule has 0 fully saturated rings. The van der Waals surface area contributed by atoms with Crippen LogP contribution in [0.2, 0.25) is 0 Å². The predicted molar refractivity (Wildman–Crippen MR) is 66.2 cm³/mol. The molecule has 0 amide bonds. The third kappa shape index (κ3) is 2.65. The van der Waals surface area contributed by atoms with E-state index in [0.717, 1.165) is 11.6 Å². The van der Waals surface area contributed by atoms with E-state index in [9.17, 15) is 12.8 Å². The Morgan fingerprint density at radius 1 is 1.22 bits per heavy atom. The summed E-state index contributed by atoms with van der Waals surface area (Å²) >= 11 is 0. The standard InChI is InChI=1S/C12H11FN2O2S/c1-9-6-10(8-14-7-9)15-18(16,17)12-5-3-2-4-11(12)13/h2-8,15H,1H3. The van der Waals surface area contributed by atoms with Crippen LogP contribution in [0.15, 0.2) is 47.6 Å². The molecule has 1 heterocycles. The Labute approximate surface area is 105 Å². The van der Waals surface area contributed by atoms with Crippen molar-refractivity contribution >= 4 is 15.7 Å². The van der Waals surface area contributed by atoms with Crippen LogP contribution in [0.4, 0.5) is 10.1 Å². The molecule has 6 heteroatoms. The summed E-state index contributed by atoms with van der Waals surface area (Å²) in [7, 11) is -3.93. The van der Waals surface area contributed by atoms with Gasteiger partial charge in [-0.3, -0.25) is 9.71 Å². The lowest BCUT2D eigenvalue weighted by atomic mass is 10.3. The summed E-state index contributed by atoms with van der Waals surface area (Å²) < 4.78 is 39.6. The highest BCUT2D eigenvalue weighted by Crippen LogP contribution is 2.18. The van der Waals surface area contributed by atoms with Gasteiger partial charge in [-0.25, -0.2) is 12.8 Å². The molecule has 2 aromatic rings. The Balaban J connectivity index is 2.37. The number of benzene rings is 1. The first-order valence-corrected chi connectivity index (χ1v) is 6.66. The molecule has 0 radical (unpaired) electrons. The van der Waals surface area contributed by atoms with Gasteiger partial charge in [0.2, 0.25) is 0 Å². The second kappa shape index (κ2) is 4.73. The van der Waals surface area contributed by atoms with E-state index < -0.39 is 15.8 Å². The number of aryl methyl sites for hydroxylation is 1. The van der Waals surface area contributed by atoms with Crippen molar-refractivity contribution in [2.45, 2.75) is 11.8 Å². The van der Waals surface area contributed by atoms with E-state index in [0.29, 0.717) is 5.69 Å². The van der Waals surface area contributed by atoms with Crippen molar-refractivity contribution in [3.05, 3.63) is 54.1 Å². The minimum Gasteiger partial charge on any atom is -0.278 e. The largest absolute Gasteiger partial charge is 0.278 e. The van der Waals surface area contributed by atoms with E-state index in [1.165, 1.54) is 24.4 Å². The van der Waals surface area contributed by atoms with Crippen LogP contribution in [-0.2, 0) is 10.0 Å². The van der Waals surface area contributed by atoms with Gasteiger partial charge in [0.15, 0.2) is 0 Å². The van der Waals surface area contributed by atoms with Crippen LogP contribution in [0.1, 0.15) is 5.56 Å². The maximum Gasteiger partial charge on any atom is 0.264 e. The summed E-state index contributed by atoms with van der Waals surface area (Å²) in [6, 6.07) is 6.82. The van der Waals surface area contributed by atoms with Crippen molar-refractivity contribution in [3.63, 3.8) is 0 Å². The number of nitrogens with zero attached hydrogens (tertiary/aromatic N) is 1. The Kier molecular flexibility index (Phi) is 3.29. The van der Waals surface area contributed by atoms with Crippen LogP contribution in [0, 0.1) is 12.7 Å². The molecule has 94 valence electrons. The first-order valence-electron chi connectivity index (χ1n) is 5.18. The zero-order valence-electron chi connectivity index (χ0n) is 9.59. The molecule has 1 aromatic carbocycles. The van der Waals surface area contributed by atoms with Gasteiger partial charge >= 0.3 is 0 Å². The Bertz CT molecular complexity index is 671. The molecule has 0 saturated heterocycles. The average molecular weight is 266 g/mol. The Morgan fingerprint density at radius 3 is 2.61 bits per heavy atom. The van der Waals surface area contributed by atoms with Crippen LogP contribution >= 0.6 is 0 Å². The van der Waals surface area contributed by atoms with Crippen LogP contribution in [0.5, 0.6) is 0 Å². The lowest BCUT2D eigenvalue weighted by Crippen LogP contribution is -2.14. The fourth-order valence-corrected chi connectivity index (χ4v) is 2.60. The Morgan fingerprint density at radius 2 is 1.94 bits per heavy atom. The van der Waals surface area contributed by atoms with Gasteiger partial charge in [-0.2, -0.15) is 0 Å². The summed E-state index contributed by atoms with van der Waals surface area (Å²) in [6.45, 7) is 1.79. The zero-order valence-corrected chi connectivity index (χ0v) is 10.4. The van der Waals surface area contributed by atoms with Crippen molar-refractivity contribution in [1.82, 2.24) is 4.98 Å². The van der Waals surface area contributed by atoms with Gasteiger partial charge in [0.05, 0.1) is 11.9 Å². The summed E-state index contributed by atoms with van der Waals surface area (Å²) in [5.74, 6) is -0.786. The number of sulfonamides is 1. The fraction of sp³-hybridized carbons (Fsp3) is 0.0833. The molecule has 0 aliphatic rings. The van der Waals surface area contributed by atoms with Crippen molar-refractivity contribution in [3.8, 4) is 0 Å². The first-order chi connectivity index (χ1) is 8.49.